The van der Waals surface area contributed by atoms with Crippen molar-refractivity contribution in [3.05, 3.63) is 34.3 Å². The van der Waals surface area contributed by atoms with E-state index in [4.69, 9.17) is 14.2 Å². The standard InChI is InChI=1S/C26H31BrO6/c1-25-13-19(28)23-16(17(25)8-9-20-24(25)32-20)7-10-22(30)33-26(23,2)12-11-21(29)31-14-15-5-3-4-6-18(15)27/h3-6,16-17,20,23-24H,7-14H2,1-2H3/t16-,17?,20?,23?,24?,25-,26+/m0/s1. The molecule has 0 spiro atoms. The molecular formula is C26H31BrO6. The summed E-state index contributed by atoms with van der Waals surface area (Å²) in [6.45, 7) is 4.21. The van der Waals surface area contributed by atoms with Crippen molar-refractivity contribution in [1.29, 1.82) is 0 Å². The molecule has 0 radical (unpaired) electrons. The van der Waals surface area contributed by atoms with Crippen LogP contribution in [-0.4, -0.2) is 35.5 Å². The van der Waals surface area contributed by atoms with E-state index < -0.39 is 5.60 Å². The van der Waals surface area contributed by atoms with Gasteiger partial charge in [-0.1, -0.05) is 41.1 Å². The molecule has 178 valence electrons. The van der Waals surface area contributed by atoms with Gasteiger partial charge in [0, 0.05) is 34.7 Å². The lowest BCUT2D eigenvalue weighted by atomic mass is 9.50. The quantitative estimate of drug-likeness (QED) is 0.412. The fourth-order valence-electron chi connectivity index (χ4n) is 6.94. The highest BCUT2D eigenvalue weighted by Gasteiger charge is 2.66. The van der Waals surface area contributed by atoms with Crippen LogP contribution in [0, 0.1) is 23.2 Å². The zero-order chi connectivity index (χ0) is 23.4. The molecule has 0 N–H and O–H groups in total. The Morgan fingerprint density at radius 2 is 1.97 bits per heavy atom. The topological polar surface area (TPSA) is 82.2 Å². The highest BCUT2D eigenvalue weighted by molar-refractivity contribution is 9.10. The minimum absolute atomic E-state index is 0.0779. The van der Waals surface area contributed by atoms with Gasteiger partial charge in [-0.05, 0) is 50.5 Å². The highest BCUT2D eigenvalue weighted by atomic mass is 79.9. The number of esters is 2. The van der Waals surface area contributed by atoms with Gasteiger partial charge in [0.05, 0.1) is 18.1 Å². The number of epoxide rings is 1. The lowest BCUT2D eigenvalue weighted by Crippen LogP contribution is -2.57. The summed E-state index contributed by atoms with van der Waals surface area (Å²) in [5, 5.41) is 0. The maximum atomic E-state index is 13.6. The number of fused-ring (bicyclic) bond motifs is 5. The maximum Gasteiger partial charge on any atom is 0.306 e. The number of hydrogen-bond donors (Lipinski definition) is 0. The summed E-state index contributed by atoms with van der Waals surface area (Å²) < 4.78 is 18.2. The van der Waals surface area contributed by atoms with Crippen molar-refractivity contribution >= 4 is 33.7 Å². The summed E-state index contributed by atoms with van der Waals surface area (Å²) in [4.78, 5) is 38.7. The molecule has 2 saturated carbocycles. The van der Waals surface area contributed by atoms with E-state index in [0.29, 0.717) is 31.3 Å². The van der Waals surface area contributed by atoms with E-state index in [1.165, 1.54) is 0 Å². The molecule has 4 aliphatic rings. The van der Waals surface area contributed by atoms with Crippen molar-refractivity contribution in [1.82, 2.24) is 0 Å². The fourth-order valence-corrected chi connectivity index (χ4v) is 7.34. The predicted octanol–water partition coefficient (Wildman–Crippen LogP) is 4.76. The Bertz CT molecular complexity index is 977. The van der Waals surface area contributed by atoms with Crippen LogP contribution in [0.25, 0.3) is 0 Å². The van der Waals surface area contributed by atoms with Gasteiger partial charge in [-0.2, -0.15) is 0 Å². The number of ether oxygens (including phenoxy) is 3. The molecule has 6 nitrogen and oxygen atoms in total. The molecule has 0 amide bonds. The first-order valence-corrected chi connectivity index (χ1v) is 12.8. The van der Waals surface area contributed by atoms with Crippen molar-refractivity contribution < 1.29 is 28.6 Å². The normalized spacial score (nSPS) is 39.4. The maximum absolute atomic E-state index is 13.6. The van der Waals surface area contributed by atoms with Crippen LogP contribution in [-0.2, 0) is 35.2 Å². The van der Waals surface area contributed by atoms with Crippen molar-refractivity contribution in [3.63, 3.8) is 0 Å². The SMILES string of the molecule is C[C@]12CC(=O)C3[C@@H](CCC(=O)O[C@]3(C)CCC(=O)OCc3ccccc3Br)C1CCC1OC12. The van der Waals surface area contributed by atoms with Crippen molar-refractivity contribution in [2.24, 2.45) is 23.2 Å². The van der Waals surface area contributed by atoms with Crippen LogP contribution in [0.2, 0.25) is 0 Å². The summed E-state index contributed by atoms with van der Waals surface area (Å²) in [6.07, 6.45) is 4.32. The highest BCUT2D eigenvalue weighted by Crippen LogP contribution is 2.62. The fraction of sp³-hybridized carbons (Fsp3) is 0.654. The van der Waals surface area contributed by atoms with Crippen LogP contribution < -0.4 is 0 Å². The number of Topliss-reactive ketones (excluding diaryl/α,β-unsaturated/α-hetero) is 1. The third-order valence-electron chi connectivity index (χ3n) is 8.55. The van der Waals surface area contributed by atoms with Crippen molar-refractivity contribution in [2.45, 2.75) is 83.2 Å². The Morgan fingerprint density at radius 1 is 1.18 bits per heavy atom. The number of benzene rings is 1. The molecule has 2 heterocycles. The van der Waals surface area contributed by atoms with E-state index in [1.54, 1.807) is 0 Å². The minimum Gasteiger partial charge on any atom is -0.461 e. The first-order valence-electron chi connectivity index (χ1n) is 12.0. The number of carbonyl (C=O) groups is 3. The molecule has 0 bridgehead atoms. The molecule has 1 aromatic carbocycles. The van der Waals surface area contributed by atoms with E-state index in [2.05, 4.69) is 22.9 Å². The number of cyclic esters (lactones) is 1. The van der Waals surface area contributed by atoms with Crippen molar-refractivity contribution in [3.8, 4) is 0 Å². The largest absolute Gasteiger partial charge is 0.461 e. The lowest BCUT2D eigenvalue weighted by molar-refractivity contribution is -0.174. The molecule has 0 aromatic heterocycles. The molecule has 2 aliphatic heterocycles. The Morgan fingerprint density at radius 3 is 2.76 bits per heavy atom. The van der Waals surface area contributed by atoms with E-state index in [-0.39, 0.29) is 60.5 Å². The minimum atomic E-state index is -0.996. The second-order valence-electron chi connectivity index (χ2n) is 10.6. The van der Waals surface area contributed by atoms with Crippen LogP contribution >= 0.6 is 15.9 Å². The molecule has 4 unspecified atom stereocenters. The zero-order valence-corrected chi connectivity index (χ0v) is 20.8. The Balaban J connectivity index is 1.31. The zero-order valence-electron chi connectivity index (χ0n) is 19.2. The number of ketones is 1. The smallest absolute Gasteiger partial charge is 0.306 e. The monoisotopic (exact) mass is 518 g/mol. The average Bonchev–Trinajstić information content (AvgIpc) is 3.57. The number of carbonyl (C=O) groups excluding carboxylic acids is 3. The van der Waals surface area contributed by atoms with Gasteiger partial charge in [0.2, 0.25) is 0 Å². The number of hydrogen-bond acceptors (Lipinski definition) is 6. The van der Waals surface area contributed by atoms with Crippen molar-refractivity contribution in [2.75, 3.05) is 0 Å². The first kappa shape index (κ1) is 23.0. The van der Waals surface area contributed by atoms with E-state index in [9.17, 15) is 14.4 Å². The van der Waals surface area contributed by atoms with Gasteiger partial charge in [-0.3, -0.25) is 14.4 Å². The van der Waals surface area contributed by atoms with Gasteiger partial charge in [0.15, 0.2) is 0 Å². The lowest BCUT2D eigenvalue weighted by Gasteiger charge is -2.52. The summed E-state index contributed by atoms with van der Waals surface area (Å²) in [7, 11) is 0. The summed E-state index contributed by atoms with van der Waals surface area (Å²) in [6, 6.07) is 7.59. The summed E-state index contributed by atoms with van der Waals surface area (Å²) >= 11 is 3.46. The molecule has 33 heavy (non-hydrogen) atoms. The van der Waals surface area contributed by atoms with Crippen LogP contribution in [0.5, 0.6) is 0 Å². The molecule has 1 aromatic rings. The van der Waals surface area contributed by atoms with Gasteiger partial charge in [-0.15, -0.1) is 0 Å². The van der Waals surface area contributed by atoms with Crippen LogP contribution in [0.15, 0.2) is 28.7 Å². The predicted molar refractivity (Wildman–Crippen MR) is 123 cm³/mol. The molecular weight excluding hydrogens is 488 g/mol. The second-order valence-corrected chi connectivity index (χ2v) is 11.5. The number of rotatable bonds is 5. The van der Waals surface area contributed by atoms with Gasteiger partial charge in [-0.25, -0.2) is 0 Å². The Labute approximate surface area is 202 Å². The van der Waals surface area contributed by atoms with E-state index in [0.717, 1.165) is 22.9 Å². The van der Waals surface area contributed by atoms with Gasteiger partial charge in [0.25, 0.3) is 0 Å². The van der Waals surface area contributed by atoms with Gasteiger partial charge in [0.1, 0.15) is 18.0 Å². The van der Waals surface area contributed by atoms with Crippen LogP contribution in [0.1, 0.15) is 64.4 Å². The molecule has 2 saturated heterocycles. The molecule has 2 aliphatic carbocycles. The van der Waals surface area contributed by atoms with E-state index in [1.807, 2.05) is 31.2 Å². The Hall–Kier alpha value is -1.73. The summed E-state index contributed by atoms with van der Waals surface area (Å²) in [5.74, 6) is -0.459. The third-order valence-corrected chi connectivity index (χ3v) is 9.32. The molecule has 7 atom stereocenters. The Kier molecular flexibility index (Phi) is 5.93. The molecule has 5 rings (SSSR count). The van der Waals surface area contributed by atoms with Crippen LogP contribution in [0.4, 0.5) is 0 Å². The number of halogens is 1. The third kappa shape index (κ3) is 4.16. The second kappa shape index (κ2) is 8.49. The van der Waals surface area contributed by atoms with E-state index >= 15 is 0 Å². The van der Waals surface area contributed by atoms with Gasteiger partial charge < -0.3 is 14.2 Å². The summed E-state index contributed by atoms with van der Waals surface area (Å²) in [5.41, 5.74) is -0.264. The van der Waals surface area contributed by atoms with Gasteiger partial charge >= 0.3 is 11.9 Å². The molecule has 7 heteroatoms. The first-order chi connectivity index (χ1) is 15.7. The molecule has 4 fully saturated rings. The van der Waals surface area contributed by atoms with Crippen LogP contribution in [0.3, 0.4) is 0 Å². The average molecular weight is 519 g/mol.